The maximum absolute atomic E-state index is 3.67. The van der Waals surface area contributed by atoms with Crippen LogP contribution in [0.25, 0.3) is 0 Å². The second-order valence-electron chi connectivity index (χ2n) is 5.18. The van der Waals surface area contributed by atoms with Gasteiger partial charge in [-0.15, -0.1) is 0 Å². The van der Waals surface area contributed by atoms with Crippen LogP contribution < -0.4 is 4.90 Å². The third-order valence-corrected chi connectivity index (χ3v) is 4.90. The molecule has 1 aliphatic carbocycles. The van der Waals surface area contributed by atoms with Crippen molar-refractivity contribution < 1.29 is 0 Å². The minimum atomic E-state index is 0.526. The van der Waals surface area contributed by atoms with Gasteiger partial charge in [0, 0.05) is 24.6 Å². The average molecular weight is 282 g/mol. The van der Waals surface area contributed by atoms with Crippen molar-refractivity contribution in [2.24, 2.45) is 5.41 Å². The normalized spacial score (nSPS) is 17.9. The van der Waals surface area contributed by atoms with Gasteiger partial charge in [0.15, 0.2) is 0 Å². The van der Waals surface area contributed by atoms with Gasteiger partial charge < -0.3 is 4.90 Å². The highest BCUT2D eigenvalue weighted by molar-refractivity contribution is 9.09. The van der Waals surface area contributed by atoms with E-state index in [2.05, 4.69) is 59.1 Å². The first-order chi connectivity index (χ1) is 7.65. The molecule has 0 spiro atoms. The average Bonchev–Trinajstić information content (AvgIpc) is 2.23. The van der Waals surface area contributed by atoms with E-state index in [1.165, 1.54) is 37.1 Å². The zero-order valence-corrected chi connectivity index (χ0v) is 11.8. The van der Waals surface area contributed by atoms with Crippen LogP contribution in [-0.4, -0.2) is 18.9 Å². The fraction of sp³-hybridized carbons (Fsp3) is 0.571. The fourth-order valence-electron chi connectivity index (χ4n) is 2.47. The van der Waals surface area contributed by atoms with E-state index in [1.807, 2.05) is 0 Å². The number of halogens is 1. The van der Waals surface area contributed by atoms with Crippen molar-refractivity contribution in [3.63, 3.8) is 0 Å². The molecule has 1 saturated carbocycles. The summed E-state index contributed by atoms with van der Waals surface area (Å²) in [6, 6.07) is 8.76. The minimum Gasteiger partial charge on any atom is -0.374 e. The second kappa shape index (κ2) is 4.79. The smallest absolute Gasteiger partial charge is 0.0366 e. The number of anilines is 1. The first kappa shape index (κ1) is 12.0. The Hall–Kier alpha value is -0.500. The summed E-state index contributed by atoms with van der Waals surface area (Å²) in [6.07, 6.45) is 4.13. The molecule has 0 atom stereocenters. The Labute approximate surface area is 107 Å². The van der Waals surface area contributed by atoms with Gasteiger partial charge in [0.25, 0.3) is 0 Å². The Balaban J connectivity index is 2.05. The standard InChI is InChI=1S/C14H20BrN/c1-12-5-3-6-13(9-12)16(2)11-14(10-15)7-4-8-14/h3,5-6,9H,4,7-8,10-11H2,1-2H3. The summed E-state index contributed by atoms with van der Waals surface area (Å²) in [7, 11) is 2.21. The lowest BCUT2D eigenvalue weighted by atomic mass is 9.70. The Morgan fingerprint density at radius 1 is 1.38 bits per heavy atom. The van der Waals surface area contributed by atoms with Crippen LogP contribution in [-0.2, 0) is 0 Å². The van der Waals surface area contributed by atoms with Gasteiger partial charge in [0.1, 0.15) is 0 Å². The number of hydrogen-bond donors (Lipinski definition) is 0. The minimum absolute atomic E-state index is 0.526. The third-order valence-electron chi connectivity index (χ3n) is 3.71. The van der Waals surface area contributed by atoms with Crippen LogP contribution in [0.2, 0.25) is 0 Å². The lowest BCUT2D eigenvalue weighted by Crippen LogP contribution is -2.42. The number of hydrogen-bond acceptors (Lipinski definition) is 1. The maximum Gasteiger partial charge on any atom is 0.0366 e. The lowest BCUT2D eigenvalue weighted by Gasteiger charge is -2.43. The molecule has 0 bridgehead atoms. The van der Waals surface area contributed by atoms with E-state index in [-0.39, 0.29) is 0 Å². The molecule has 0 aliphatic heterocycles. The van der Waals surface area contributed by atoms with Gasteiger partial charge in [-0.1, -0.05) is 34.5 Å². The third kappa shape index (κ3) is 2.42. The molecule has 0 N–H and O–H groups in total. The number of nitrogens with zero attached hydrogens (tertiary/aromatic N) is 1. The van der Waals surface area contributed by atoms with Gasteiger partial charge >= 0.3 is 0 Å². The largest absolute Gasteiger partial charge is 0.374 e. The number of alkyl halides is 1. The monoisotopic (exact) mass is 281 g/mol. The number of benzene rings is 1. The molecule has 0 radical (unpaired) electrons. The zero-order chi connectivity index (χ0) is 11.6. The first-order valence-electron chi connectivity index (χ1n) is 5.99. The van der Waals surface area contributed by atoms with E-state index in [1.54, 1.807) is 0 Å². The molecule has 0 aromatic heterocycles. The summed E-state index contributed by atoms with van der Waals surface area (Å²) in [5.74, 6) is 0. The van der Waals surface area contributed by atoms with E-state index in [9.17, 15) is 0 Å². The molecule has 88 valence electrons. The molecular weight excluding hydrogens is 262 g/mol. The molecule has 16 heavy (non-hydrogen) atoms. The van der Waals surface area contributed by atoms with E-state index >= 15 is 0 Å². The molecule has 2 rings (SSSR count). The van der Waals surface area contributed by atoms with Crippen molar-refractivity contribution in [2.75, 3.05) is 23.8 Å². The van der Waals surface area contributed by atoms with E-state index < -0.39 is 0 Å². The predicted molar refractivity (Wildman–Crippen MR) is 74.5 cm³/mol. The second-order valence-corrected chi connectivity index (χ2v) is 5.74. The highest BCUT2D eigenvalue weighted by Gasteiger charge is 2.36. The summed E-state index contributed by atoms with van der Waals surface area (Å²) >= 11 is 3.67. The molecule has 2 heteroatoms. The molecular formula is C14H20BrN. The number of aryl methyl sites for hydroxylation is 1. The van der Waals surface area contributed by atoms with Gasteiger partial charge in [-0.3, -0.25) is 0 Å². The molecule has 1 fully saturated rings. The van der Waals surface area contributed by atoms with Gasteiger partial charge in [-0.05, 0) is 42.9 Å². The van der Waals surface area contributed by atoms with Crippen molar-refractivity contribution in [3.8, 4) is 0 Å². The van der Waals surface area contributed by atoms with Crippen LogP contribution in [0.4, 0.5) is 5.69 Å². The van der Waals surface area contributed by atoms with E-state index in [4.69, 9.17) is 0 Å². The van der Waals surface area contributed by atoms with Crippen molar-refractivity contribution in [1.29, 1.82) is 0 Å². The highest BCUT2D eigenvalue weighted by Crippen LogP contribution is 2.43. The SMILES string of the molecule is Cc1cccc(N(C)CC2(CBr)CCC2)c1. The summed E-state index contributed by atoms with van der Waals surface area (Å²) in [6.45, 7) is 3.32. The molecule has 1 aliphatic rings. The van der Waals surface area contributed by atoms with Gasteiger partial charge in [-0.2, -0.15) is 0 Å². The van der Waals surface area contributed by atoms with E-state index in [0.29, 0.717) is 5.41 Å². The van der Waals surface area contributed by atoms with Crippen molar-refractivity contribution in [1.82, 2.24) is 0 Å². The molecule has 1 aromatic rings. The van der Waals surface area contributed by atoms with Crippen molar-refractivity contribution in [3.05, 3.63) is 29.8 Å². The zero-order valence-electron chi connectivity index (χ0n) is 10.2. The summed E-state index contributed by atoms with van der Waals surface area (Å²) < 4.78 is 0. The van der Waals surface area contributed by atoms with Gasteiger partial charge in [0.2, 0.25) is 0 Å². The van der Waals surface area contributed by atoms with Crippen LogP contribution >= 0.6 is 15.9 Å². The molecule has 0 saturated heterocycles. The van der Waals surface area contributed by atoms with Gasteiger partial charge in [-0.25, -0.2) is 0 Å². The Morgan fingerprint density at radius 3 is 2.62 bits per heavy atom. The van der Waals surface area contributed by atoms with Crippen LogP contribution in [0.1, 0.15) is 24.8 Å². The Kier molecular flexibility index (Phi) is 3.58. The molecule has 0 heterocycles. The van der Waals surface area contributed by atoms with E-state index in [0.717, 1.165) is 5.33 Å². The van der Waals surface area contributed by atoms with Crippen LogP contribution in [0.15, 0.2) is 24.3 Å². The van der Waals surface area contributed by atoms with Crippen molar-refractivity contribution in [2.45, 2.75) is 26.2 Å². The molecule has 1 aromatic carbocycles. The first-order valence-corrected chi connectivity index (χ1v) is 7.11. The van der Waals surface area contributed by atoms with Crippen LogP contribution in [0.5, 0.6) is 0 Å². The highest BCUT2D eigenvalue weighted by atomic mass is 79.9. The summed E-state index contributed by atoms with van der Waals surface area (Å²) in [4.78, 5) is 2.40. The van der Waals surface area contributed by atoms with Crippen LogP contribution in [0, 0.1) is 12.3 Å². The predicted octanol–water partition coefficient (Wildman–Crippen LogP) is 4.00. The van der Waals surface area contributed by atoms with Crippen molar-refractivity contribution >= 4 is 21.6 Å². The van der Waals surface area contributed by atoms with Gasteiger partial charge in [0.05, 0.1) is 0 Å². The van der Waals surface area contributed by atoms with Crippen LogP contribution in [0.3, 0.4) is 0 Å². The summed E-state index contributed by atoms with van der Waals surface area (Å²) in [5.41, 5.74) is 3.21. The molecule has 1 nitrogen and oxygen atoms in total. The molecule has 0 unspecified atom stereocenters. The lowest BCUT2D eigenvalue weighted by molar-refractivity contribution is 0.179. The quantitative estimate of drug-likeness (QED) is 0.755. The fourth-order valence-corrected chi connectivity index (χ4v) is 3.21. The Bertz CT molecular complexity index is 352. The Morgan fingerprint density at radius 2 is 2.12 bits per heavy atom. The number of rotatable bonds is 4. The molecule has 0 amide bonds. The maximum atomic E-state index is 3.67. The topological polar surface area (TPSA) is 3.24 Å². The summed E-state index contributed by atoms with van der Waals surface area (Å²) in [5, 5.41) is 1.14.